The van der Waals surface area contributed by atoms with Gasteiger partial charge >= 0.3 is 0 Å². The summed E-state index contributed by atoms with van der Waals surface area (Å²) in [5.74, 6) is -0.101. The summed E-state index contributed by atoms with van der Waals surface area (Å²) in [4.78, 5) is 18.3. The summed E-state index contributed by atoms with van der Waals surface area (Å²) in [7, 11) is 0. The summed E-state index contributed by atoms with van der Waals surface area (Å²) in [5, 5.41) is 1.96. The van der Waals surface area contributed by atoms with Crippen LogP contribution in [0.3, 0.4) is 0 Å². The van der Waals surface area contributed by atoms with Crippen molar-refractivity contribution in [1.29, 1.82) is 0 Å². The molecule has 0 aromatic heterocycles. The third-order valence-corrected chi connectivity index (χ3v) is 4.43. The topological polar surface area (TPSA) is 48.0 Å². The average molecular weight is 326 g/mol. The molecule has 0 aliphatic carbocycles. The predicted octanol–water partition coefficient (Wildman–Crippen LogP) is 2.77. The molecule has 2 heterocycles. The van der Waals surface area contributed by atoms with Crippen molar-refractivity contribution in [2.45, 2.75) is 39.2 Å². The van der Waals surface area contributed by atoms with Gasteiger partial charge in [0.05, 0.1) is 24.7 Å². The molecule has 120 valence electrons. The minimum Gasteiger partial charge on any atom is -0.379 e. The van der Waals surface area contributed by atoms with E-state index in [0.29, 0.717) is 24.8 Å². The van der Waals surface area contributed by atoms with Gasteiger partial charge in [-0.25, -0.2) is 9.90 Å². The number of carbonyl (C=O) groups is 1. The van der Waals surface area contributed by atoms with Crippen molar-refractivity contribution in [3.05, 3.63) is 34.9 Å². The molecule has 5 nitrogen and oxygen atoms in total. The minimum absolute atomic E-state index is 0.0164. The molecule has 0 N–H and O–H groups in total. The lowest BCUT2D eigenvalue weighted by atomic mass is 9.92. The monoisotopic (exact) mass is 325 g/mol. The van der Waals surface area contributed by atoms with Crippen LogP contribution in [0.25, 0.3) is 0 Å². The quantitative estimate of drug-likeness (QED) is 0.854. The largest absolute Gasteiger partial charge is 0.379 e. The highest BCUT2D eigenvalue weighted by Gasteiger charge is 2.51. The molecule has 0 bridgehead atoms. The second-order valence-corrected chi connectivity index (χ2v) is 6.62. The van der Waals surface area contributed by atoms with Crippen LogP contribution in [0.2, 0.25) is 5.02 Å². The molecule has 22 heavy (non-hydrogen) atoms. The summed E-state index contributed by atoms with van der Waals surface area (Å²) >= 11 is 6.15. The SMILES string of the molecule is CC1(C)C(=O)N(Cc2ccccc2Cl)OC1OC1CCOC1. The number of amides is 1. The van der Waals surface area contributed by atoms with Gasteiger partial charge in [0, 0.05) is 11.6 Å². The first-order valence-electron chi connectivity index (χ1n) is 7.44. The third kappa shape index (κ3) is 2.99. The second-order valence-electron chi connectivity index (χ2n) is 6.21. The Hall–Kier alpha value is -1.14. The Kier molecular flexibility index (Phi) is 4.41. The van der Waals surface area contributed by atoms with E-state index in [4.69, 9.17) is 25.9 Å². The number of ether oxygens (including phenoxy) is 2. The average Bonchev–Trinajstić information content (AvgIpc) is 3.06. The smallest absolute Gasteiger partial charge is 0.257 e. The van der Waals surface area contributed by atoms with Crippen molar-refractivity contribution >= 4 is 17.5 Å². The van der Waals surface area contributed by atoms with E-state index >= 15 is 0 Å². The number of carbonyl (C=O) groups excluding carboxylic acids is 1. The van der Waals surface area contributed by atoms with Gasteiger partial charge in [0.25, 0.3) is 5.91 Å². The van der Waals surface area contributed by atoms with Crippen LogP contribution in [0, 0.1) is 5.41 Å². The molecule has 2 fully saturated rings. The molecule has 3 rings (SSSR count). The first kappa shape index (κ1) is 15.7. The first-order valence-corrected chi connectivity index (χ1v) is 7.81. The Bertz CT molecular complexity index is 557. The normalized spacial score (nSPS) is 27.6. The molecular weight excluding hydrogens is 306 g/mol. The van der Waals surface area contributed by atoms with Gasteiger partial charge in [-0.3, -0.25) is 4.79 Å². The fraction of sp³-hybridized carbons (Fsp3) is 0.562. The van der Waals surface area contributed by atoms with Crippen molar-refractivity contribution in [3.63, 3.8) is 0 Å². The predicted molar refractivity (Wildman–Crippen MR) is 81.0 cm³/mol. The molecule has 2 atom stereocenters. The lowest BCUT2D eigenvalue weighted by Crippen LogP contribution is -2.36. The molecule has 2 aliphatic rings. The van der Waals surface area contributed by atoms with Gasteiger partial charge in [-0.2, -0.15) is 0 Å². The van der Waals surface area contributed by atoms with Gasteiger partial charge in [0.2, 0.25) is 0 Å². The number of benzene rings is 1. The van der Waals surface area contributed by atoms with E-state index in [9.17, 15) is 4.79 Å². The first-order chi connectivity index (χ1) is 10.5. The highest BCUT2D eigenvalue weighted by molar-refractivity contribution is 6.31. The maximum Gasteiger partial charge on any atom is 0.257 e. The molecule has 2 unspecified atom stereocenters. The maximum absolute atomic E-state index is 12.6. The number of rotatable bonds is 4. The number of hydroxylamine groups is 2. The summed E-state index contributed by atoms with van der Waals surface area (Å²) in [6.07, 6.45) is 0.209. The highest BCUT2D eigenvalue weighted by atomic mass is 35.5. The van der Waals surface area contributed by atoms with Crippen LogP contribution in [-0.4, -0.2) is 36.6 Å². The number of nitrogens with zero attached hydrogens (tertiary/aromatic N) is 1. The zero-order chi connectivity index (χ0) is 15.7. The zero-order valence-electron chi connectivity index (χ0n) is 12.8. The highest BCUT2D eigenvalue weighted by Crippen LogP contribution is 2.37. The number of hydrogen-bond acceptors (Lipinski definition) is 4. The van der Waals surface area contributed by atoms with Crippen molar-refractivity contribution in [2.24, 2.45) is 5.41 Å². The molecule has 0 spiro atoms. The summed E-state index contributed by atoms with van der Waals surface area (Å²) < 4.78 is 11.2. The Morgan fingerprint density at radius 3 is 2.86 bits per heavy atom. The molecule has 1 aromatic rings. The lowest BCUT2D eigenvalue weighted by molar-refractivity contribution is -0.261. The third-order valence-electron chi connectivity index (χ3n) is 4.07. The van der Waals surface area contributed by atoms with E-state index < -0.39 is 11.7 Å². The number of halogens is 1. The molecule has 1 aromatic carbocycles. The van der Waals surface area contributed by atoms with Crippen LogP contribution < -0.4 is 0 Å². The summed E-state index contributed by atoms with van der Waals surface area (Å²) in [6, 6.07) is 7.42. The van der Waals surface area contributed by atoms with Gasteiger partial charge in [0.1, 0.15) is 0 Å². The Morgan fingerprint density at radius 1 is 1.41 bits per heavy atom. The van der Waals surface area contributed by atoms with E-state index in [1.54, 1.807) is 6.07 Å². The Labute approximate surface area is 135 Å². The van der Waals surface area contributed by atoms with Crippen LogP contribution in [0.4, 0.5) is 0 Å². The fourth-order valence-electron chi connectivity index (χ4n) is 2.60. The van der Waals surface area contributed by atoms with Gasteiger partial charge in [0.15, 0.2) is 6.29 Å². The standard InChI is InChI=1S/C16H20ClNO4/c1-16(2)14(19)18(9-11-5-3-4-6-13(11)17)22-15(16)21-12-7-8-20-10-12/h3-6,12,15H,7-10H2,1-2H3. The van der Waals surface area contributed by atoms with E-state index in [0.717, 1.165) is 12.0 Å². The molecule has 2 saturated heterocycles. The zero-order valence-corrected chi connectivity index (χ0v) is 13.5. The van der Waals surface area contributed by atoms with Crippen molar-refractivity contribution in [3.8, 4) is 0 Å². The van der Waals surface area contributed by atoms with Gasteiger partial charge < -0.3 is 9.47 Å². The van der Waals surface area contributed by atoms with E-state index in [2.05, 4.69) is 0 Å². The van der Waals surface area contributed by atoms with E-state index in [1.165, 1.54) is 5.06 Å². The van der Waals surface area contributed by atoms with Crippen LogP contribution >= 0.6 is 11.6 Å². The minimum atomic E-state index is -0.732. The lowest BCUT2D eigenvalue weighted by Gasteiger charge is -2.23. The molecule has 0 radical (unpaired) electrons. The molecule has 6 heteroatoms. The molecule has 2 aliphatic heterocycles. The number of hydrogen-bond donors (Lipinski definition) is 0. The van der Waals surface area contributed by atoms with Crippen molar-refractivity contribution in [1.82, 2.24) is 5.06 Å². The van der Waals surface area contributed by atoms with Crippen LogP contribution in [0.5, 0.6) is 0 Å². The Morgan fingerprint density at radius 2 is 2.18 bits per heavy atom. The molecular formula is C16H20ClNO4. The van der Waals surface area contributed by atoms with Crippen LogP contribution in [0.1, 0.15) is 25.8 Å². The van der Waals surface area contributed by atoms with Gasteiger partial charge in [-0.15, -0.1) is 0 Å². The maximum atomic E-state index is 12.6. The fourth-order valence-corrected chi connectivity index (χ4v) is 2.79. The molecule has 0 saturated carbocycles. The second kappa shape index (κ2) is 6.16. The Balaban J connectivity index is 1.71. The van der Waals surface area contributed by atoms with Gasteiger partial charge in [-0.05, 0) is 31.9 Å². The summed E-state index contributed by atoms with van der Waals surface area (Å²) in [6.45, 7) is 5.22. The van der Waals surface area contributed by atoms with Gasteiger partial charge in [-0.1, -0.05) is 29.8 Å². The van der Waals surface area contributed by atoms with Crippen LogP contribution in [-0.2, 0) is 25.7 Å². The van der Waals surface area contributed by atoms with E-state index in [1.807, 2.05) is 32.0 Å². The van der Waals surface area contributed by atoms with Crippen LogP contribution in [0.15, 0.2) is 24.3 Å². The van der Waals surface area contributed by atoms with Crippen molar-refractivity contribution in [2.75, 3.05) is 13.2 Å². The summed E-state index contributed by atoms with van der Waals surface area (Å²) in [5.41, 5.74) is 0.113. The van der Waals surface area contributed by atoms with E-state index in [-0.39, 0.29) is 12.0 Å². The molecule has 1 amide bonds. The van der Waals surface area contributed by atoms with Crippen molar-refractivity contribution < 1.29 is 19.1 Å².